The quantitative estimate of drug-likeness (QED) is 0.441. The first-order valence-corrected chi connectivity index (χ1v) is 8.24. The van der Waals surface area contributed by atoms with Gasteiger partial charge in [0.15, 0.2) is 6.10 Å². The Labute approximate surface area is 152 Å². The van der Waals surface area contributed by atoms with E-state index in [-0.39, 0.29) is 6.54 Å². The molecular formula is C15H18IN3O5. The standard InChI is InChI=1S/C15H18IN3O5/c1-3-17-15(23)19-13(21)9(2)24-12(20)8-18-14(22)10-6-4-5-7-11(10)16/h4-7,9H,3,8H2,1-2H3,(H,18,22)(H2,17,19,21,23). The molecule has 24 heavy (non-hydrogen) atoms. The maximum absolute atomic E-state index is 12.0. The first-order valence-electron chi connectivity index (χ1n) is 7.16. The zero-order valence-corrected chi connectivity index (χ0v) is 15.4. The Morgan fingerprint density at radius 3 is 2.46 bits per heavy atom. The molecule has 4 amide bonds. The van der Waals surface area contributed by atoms with Crippen LogP contribution in [0.4, 0.5) is 4.79 Å². The van der Waals surface area contributed by atoms with Crippen molar-refractivity contribution in [2.75, 3.05) is 13.1 Å². The van der Waals surface area contributed by atoms with Crippen LogP contribution < -0.4 is 16.0 Å². The number of carbonyl (C=O) groups excluding carboxylic acids is 4. The Kier molecular flexibility index (Phi) is 8.16. The minimum Gasteiger partial charge on any atom is -0.451 e. The van der Waals surface area contributed by atoms with Crippen molar-refractivity contribution in [2.24, 2.45) is 0 Å². The Morgan fingerprint density at radius 2 is 1.83 bits per heavy atom. The van der Waals surface area contributed by atoms with Crippen molar-refractivity contribution >= 4 is 46.4 Å². The maximum Gasteiger partial charge on any atom is 0.326 e. The SMILES string of the molecule is CCNC(=O)NC(=O)C(C)OC(=O)CNC(=O)c1ccccc1I. The number of carbonyl (C=O) groups is 4. The molecule has 0 aromatic heterocycles. The van der Waals surface area contributed by atoms with Crippen LogP contribution in [0.2, 0.25) is 0 Å². The molecule has 0 aliphatic rings. The van der Waals surface area contributed by atoms with Crippen LogP contribution in [0.1, 0.15) is 24.2 Å². The third kappa shape index (κ3) is 6.52. The van der Waals surface area contributed by atoms with E-state index >= 15 is 0 Å². The molecule has 1 unspecified atom stereocenters. The van der Waals surface area contributed by atoms with Gasteiger partial charge < -0.3 is 15.4 Å². The number of nitrogens with one attached hydrogen (secondary N) is 3. The highest BCUT2D eigenvalue weighted by Gasteiger charge is 2.20. The fraction of sp³-hybridized carbons (Fsp3) is 0.333. The number of imide groups is 1. The summed E-state index contributed by atoms with van der Waals surface area (Å²) in [5, 5.41) is 6.82. The molecule has 0 heterocycles. The van der Waals surface area contributed by atoms with Crippen molar-refractivity contribution in [2.45, 2.75) is 20.0 Å². The molecule has 0 saturated heterocycles. The van der Waals surface area contributed by atoms with Gasteiger partial charge in [0.05, 0.1) is 5.56 Å². The van der Waals surface area contributed by atoms with Crippen LogP contribution in [0.3, 0.4) is 0 Å². The van der Waals surface area contributed by atoms with Gasteiger partial charge in [0.1, 0.15) is 6.54 Å². The number of amides is 4. The van der Waals surface area contributed by atoms with E-state index in [2.05, 4.69) is 10.6 Å². The average molecular weight is 447 g/mol. The van der Waals surface area contributed by atoms with Crippen molar-refractivity contribution in [3.8, 4) is 0 Å². The van der Waals surface area contributed by atoms with Crippen molar-refractivity contribution in [3.63, 3.8) is 0 Å². The second kappa shape index (κ2) is 9.85. The first-order chi connectivity index (χ1) is 11.3. The molecule has 1 aromatic rings. The Bertz CT molecular complexity index is 635. The second-order valence-electron chi connectivity index (χ2n) is 4.64. The fourth-order valence-electron chi connectivity index (χ4n) is 1.60. The molecule has 0 spiro atoms. The molecule has 0 saturated carbocycles. The molecule has 8 nitrogen and oxygen atoms in total. The first kappa shape index (κ1) is 19.9. The summed E-state index contributed by atoms with van der Waals surface area (Å²) < 4.78 is 5.61. The molecule has 0 aliphatic carbocycles. The molecule has 1 aromatic carbocycles. The molecule has 0 bridgehead atoms. The molecule has 9 heteroatoms. The predicted molar refractivity (Wildman–Crippen MR) is 94.3 cm³/mol. The number of ether oxygens (including phenoxy) is 1. The molecule has 0 fully saturated rings. The Hall–Kier alpha value is -2.17. The highest BCUT2D eigenvalue weighted by Crippen LogP contribution is 2.10. The lowest BCUT2D eigenvalue weighted by atomic mass is 10.2. The predicted octanol–water partition coefficient (Wildman–Crippen LogP) is 0.798. The van der Waals surface area contributed by atoms with Crippen LogP contribution in [0.5, 0.6) is 0 Å². The molecule has 0 aliphatic heterocycles. The van der Waals surface area contributed by atoms with Crippen molar-refractivity contribution in [1.82, 2.24) is 16.0 Å². The molecule has 0 radical (unpaired) electrons. The number of hydrogen-bond donors (Lipinski definition) is 3. The van der Waals surface area contributed by atoms with E-state index in [0.29, 0.717) is 12.1 Å². The van der Waals surface area contributed by atoms with E-state index in [4.69, 9.17) is 4.74 Å². The maximum atomic E-state index is 12.0. The van der Waals surface area contributed by atoms with Crippen molar-refractivity contribution < 1.29 is 23.9 Å². The number of halogens is 1. The van der Waals surface area contributed by atoms with Crippen LogP contribution in [0.15, 0.2) is 24.3 Å². The topological polar surface area (TPSA) is 114 Å². The van der Waals surface area contributed by atoms with E-state index in [1.165, 1.54) is 6.92 Å². The summed E-state index contributed by atoms with van der Waals surface area (Å²) in [7, 11) is 0. The number of urea groups is 1. The van der Waals surface area contributed by atoms with Crippen molar-refractivity contribution in [1.29, 1.82) is 0 Å². The van der Waals surface area contributed by atoms with Gasteiger partial charge in [-0.25, -0.2) is 4.79 Å². The minimum absolute atomic E-state index is 0.359. The number of esters is 1. The Morgan fingerprint density at radius 1 is 1.17 bits per heavy atom. The lowest BCUT2D eigenvalue weighted by Gasteiger charge is -2.13. The van der Waals surface area contributed by atoms with Gasteiger partial charge in [-0.2, -0.15) is 0 Å². The van der Waals surface area contributed by atoms with Crippen molar-refractivity contribution in [3.05, 3.63) is 33.4 Å². The summed E-state index contributed by atoms with van der Waals surface area (Å²) in [6, 6.07) is 6.23. The van der Waals surface area contributed by atoms with Gasteiger partial charge in [-0.05, 0) is 48.6 Å². The molecule has 130 valence electrons. The highest BCUT2D eigenvalue weighted by molar-refractivity contribution is 14.1. The van der Waals surface area contributed by atoms with E-state index in [0.717, 1.165) is 3.57 Å². The van der Waals surface area contributed by atoms with E-state index in [1.54, 1.807) is 31.2 Å². The van der Waals surface area contributed by atoms with Gasteiger partial charge in [-0.1, -0.05) is 12.1 Å². The zero-order chi connectivity index (χ0) is 18.1. The largest absolute Gasteiger partial charge is 0.451 e. The summed E-state index contributed by atoms with van der Waals surface area (Å²) in [4.78, 5) is 46.5. The van der Waals surface area contributed by atoms with Crippen LogP contribution in [0.25, 0.3) is 0 Å². The Balaban J connectivity index is 2.43. The lowest BCUT2D eigenvalue weighted by Crippen LogP contribution is -2.45. The number of benzene rings is 1. The normalized spacial score (nSPS) is 11.1. The minimum atomic E-state index is -1.16. The zero-order valence-electron chi connectivity index (χ0n) is 13.2. The van der Waals surface area contributed by atoms with E-state index in [1.807, 2.05) is 27.9 Å². The van der Waals surface area contributed by atoms with Gasteiger partial charge in [-0.3, -0.25) is 19.7 Å². The summed E-state index contributed by atoms with van der Waals surface area (Å²) in [6.45, 7) is 3.00. The van der Waals surface area contributed by atoms with Crippen LogP contribution in [0, 0.1) is 3.57 Å². The van der Waals surface area contributed by atoms with Gasteiger partial charge >= 0.3 is 12.0 Å². The number of hydrogen-bond acceptors (Lipinski definition) is 5. The highest BCUT2D eigenvalue weighted by atomic mass is 127. The second-order valence-corrected chi connectivity index (χ2v) is 5.81. The molecule has 1 atom stereocenters. The van der Waals surface area contributed by atoms with E-state index in [9.17, 15) is 19.2 Å². The smallest absolute Gasteiger partial charge is 0.326 e. The van der Waals surface area contributed by atoms with Crippen LogP contribution >= 0.6 is 22.6 Å². The monoisotopic (exact) mass is 447 g/mol. The van der Waals surface area contributed by atoms with E-state index < -0.39 is 29.9 Å². The van der Waals surface area contributed by atoms with Gasteiger partial charge in [-0.15, -0.1) is 0 Å². The van der Waals surface area contributed by atoms with Gasteiger partial charge in [0.2, 0.25) is 0 Å². The molecule has 1 rings (SSSR count). The summed E-state index contributed by atoms with van der Waals surface area (Å²) >= 11 is 2.01. The average Bonchev–Trinajstić information content (AvgIpc) is 2.53. The number of rotatable bonds is 6. The molecular weight excluding hydrogens is 429 g/mol. The third-order valence-electron chi connectivity index (χ3n) is 2.76. The lowest BCUT2D eigenvalue weighted by molar-refractivity contribution is -0.153. The third-order valence-corrected chi connectivity index (χ3v) is 3.70. The summed E-state index contributed by atoms with van der Waals surface area (Å²) in [5.74, 6) is -1.96. The van der Waals surface area contributed by atoms with Gasteiger partial charge in [0, 0.05) is 10.1 Å². The fourth-order valence-corrected chi connectivity index (χ4v) is 2.24. The van der Waals surface area contributed by atoms with Gasteiger partial charge in [0.25, 0.3) is 11.8 Å². The summed E-state index contributed by atoms with van der Waals surface area (Å²) in [6.07, 6.45) is -1.16. The molecule has 3 N–H and O–H groups in total. The summed E-state index contributed by atoms with van der Waals surface area (Å²) in [5.41, 5.74) is 0.438. The van der Waals surface area contributed by atoms with Crippen LogP contribution in [-0.4, -0.2) is 43.0 Å². The van der Waals surface area contributed by atoms with Crippen LogP contribution in [-0.2, 0) is 14.3 Å².